The van der Waals surface area contributed by atoms with Crippen LogP contribution < -0.4 is 4.90 Å². The van der Waals surface area contributed by atoms with Crippen LogP contribution in [0.2, 0.25) is 0 Å². The molecule has 0 spiro atoms. The van der Waals surface area contributed by atoms with Crippen molar-refractivity contribution in [2.45, 2.75) is 38.3 Å². The van der Waals surface area contributed by atoms with Crippen LogP contribution in [0.25, 0.3) is 0 Å². The molecule has 94 valence electrons. The minimum Gasteiger partial charge on any atom is -0.394 e. The van der Waals surface area contributed by atoms with Crippen LogP contribution in [0.1, 0.15) is 38.0 Å². The Hall–Kier alpha value is -1.13. The van der Waals surface area contributed by atoms with E-state index in [1.807, 2.05) is 12.1 Å². The smallest absolute Gasteiger partial charge is 0.0931 e. The third-order valence-corrected chi connectivity index (χ3v) is 3.37. The van der Waals surface area contributed by atoms with Gasteiger partial charge in [-0.3, -0.25) is 4.98 Å². The minimum absolute atomic E-state index is 0.193. The molecule has 0 saturated carbocycles. The van der Waals surface area contributed by atoms with Gasteiger partial charge in [-0.05, 0) is 38.3 Å². The topological polar surface area (TPSA) is 56.6 Å². The lowest BCUT2D eigenvalue weighted by atomic mass is 10.0. The van der Waals surface area contributed by atoms with E-state index in [1.165, 1.54) is 6.42 Å². The van der Waals surface area contributed by atoms with Gasteiger partial charge < -0.3 is 15.1 Å². The van der Waals surface area contributed by atoms with Crippen LogP contribution in [-0.4, -0.2) is 34.4 Å². The maximum Gasteiger partial charge on any atom is 0.0931 e. The Kier molecular flexibility index (Phi) is 3.97. The zero-order chi connectivity index (χ0) is 12.3. The molecular weight excluding hydrogens is 216 g/mol. The molecule has 17 heavy (non-hydrogen) atoms. The van der Waals surface area contributed by atoms with E-state index in [-0.39, 0.29) is 12.6 Å². The predicted molar refractivity (Wildman–Crippen MR) is 66.9 cm³/mol. The van der Waals surface area contributed by atoms with Crippen LogP contribution in [0, 0.1) is 0 Å². The third-order valence-electron chi connectivity index (χ3n) is 3.37. The van der Waals surface area contributed by atoms with E-state index in [0.29, 0.717) is 5.69 Å². The molecule has 4 heteroatoms. The van der Waals surface area contributed by atoms with Crippen molar-refractivity contribution in [2.24, 2.45) is 0 Å². The van der Waals surface area contributed by atoms with Crippen LogP contribution in [0.4, 0.5) is 5.69 Å². The van der Waals surface area contributed by atoms with E-state index in [1.54, 1.807) is 13.1 Å². The minimum atomic E-state index is -0.529. The zero-order valence-electron chi connectivity index (χ0n) is 10.2. The van der Waals surface area contributed by atoms with Gasteiger partial charge in [0.1, 0.15) is 0 Å². The van der Waals surface area contributed by atoms with Gasteiger partial charge in [0.2, 0.25) is 0 Å². The van der Waals surface area contributed by atoms with Gasteiger partial charge in [-0.25, -0.2) is 0 Å². The number of anilines is 1. The molecule has 0 aromatic carbocycles. The predicted octanol–water partition coefficient (Wildman–Crippen LogP) is 1.49. The van der Waals surface area contributed by atoms with Crippen LogP contribution in [0.15, 0.2) is 18.3 Å². The van der Waals surface area contributed by atoms with Crippen molar-refractivity contribution < 1.29 is 10.2 Å². The fraction of sp³-hybridized carbons (Fsp3) is 0.615. The number of aliphatic hydroxyl groups is 2. The first kappa shape index (κ1) is 12.3. The van der Waals surface area contributed by atoms with E-state index in [9.17, 15) is 10.2 Å². The molecule has 0 aliphatic carbocycles. The Bertz CT molecular complexity index is 351. The molecule has 2 heterocycles. The highest BCUT2D eigenvalue weighted by Gasteiger charge is 2.22. The van der Waals surface area contributed by atoms with Crippen molar-refractivity contribution in [2.75, 3.05) is 18.1 Å². The summed E-state index contributed by atoms with van der Waals surface area (Å²) in [5.41, 5.74) is 1.72. The number of pyridine rings is 1. The lowest BCUT2D eigenvalue weighted by Crippen LogP contribution is -2.41. The van der Waals surface area contributed by atoms with Crippen molar-refractivity contribution in [1.82, 2.24) is 4.98 Å². The van der Waals surface area contributed by atoms with Crippen molar-refractivity contribution in [3.63, 3.8) is 0 Å². The second-order valence-corrected chi connectivity index (χ2v) is 4.64. The first-order valence-corrected chi connectivity index (χ1v) is 6.24. The third kappa shape index (κ3) is 2.76. The van der Waals surface area contributed by atoms with Gasteiger partial charge in [-0.15, -0.1) is 0 Å². The lowest BCUT2D eigenvalue weighted by Gasteiger charge is -2.36. The summed E-state index contributed by atoms with van der Waals surface area (Å²) >= 11 is 0. The van der Waals surface area contributed by atoms with E-state index >= 15 is 0 Å². The summed E-state index contributed by atoms with van der Waals surface area (Å²) in [4.78, 5) is 6.46. The molecule has 1 saturated heterocycles. The molecular formula is C13H20N2O2. The van der Waals surface area contributed by atoms with Gasteiger partial charge in [-0.1, -0.05) is 0 Å². The largest absolute Gasteiger partial charge is 0.394 e. The molecule has 1 aromatic rings. The molecule has 1 aliphatic rings. The lowest BCUT2D eigenvalue weighted by molar-refractivity contribution is 0.194. The van der Waals surface area contributed by atoms with Crippen LogP contribution in [-0.2, 0) is 0 Å². The SMILES string of the molecule is C[C@H](O)c1ccc(N2CCCCC2CO)cn1. The monoisotopic (exact) mass is 236 g/mol. The average molecular weight is 236 g/mol. The maximum atomic E-state index is 9.41. The number of aromatic nitrogens is 1. The number of aliphatic hydroxyl groups excluding tert-OH is 2. The highest BCUT2D eigenvalue weighted by molar-refractivity contribution is 5.46. The molecule has 4 nitrogen and oxygen atoms in total. The molecule has 0 bridgehead atoms. The second-order valence-electron chi connectivity index (χ2n) is 4.64. The van der Waals surface area contributed by atoms with Gasteiger partial charge >= 0.3 is 0 Å². The van der Waals surface area contributed by atoms with Gasteiger partial charge in [0.25, 0.3) is 0 Å². The van der Waals surface area contributed by atoms with Gasteiger partial charge in [0.05, 0.1) is 36.3 Å². The van der Waals surface area contributed by atoms with Crippen LogP contribution in [0.5, 0.6) is 0 Å². The fourth-order valence-electron chi connectivity index (χ4n) is 2.34. The number of nitrogens with zero attached hydrogens (tertiary/aromatic N) is 2. The molecule has 0 radical (unpaired) electrons. The number of piperidine rings is 1. The van der Waals surface area contributed by atoms with E-state index < -0.39 is 6.10 Å². The molecule has 1 fully saturated rings. The molecule has 1 aromatic heterocycles. The van der Waals surface area contributed by atoms with Gasteiger partial charge in [0, 0.05) is 6.54 Å². The summed E-state index contributed by atoms with van der Waals surface area (Å²) in [6, 6.07) is 4.04. The van der Waals surface area contributed by atoms with Crippen molar-refractivity contribution in [1.29, 1.82) is 0 Å². The summed E-state index contributed by atoms with van der Waals surface area (Å²) in [7, 11) is 0. The highest BCUT2D eigenvalue weighted by Crippen LogP contribution is 2.24. The first-order chi connectivity index (χ1) is 8.22. The normalized spacial score (nSPS) is 22.5. The van der Waals surface area contributed by atoms with Gasteiger partial charge in [0.15, 0.2) is 0 Å². The molecule has 1 aliphatic heterocycles. The Morgan fingerprint density at radius 3 is 2.88 bits per heavy atom. The number of rotatable bonds is 3. The maximum absolute atomic E-state index is 9.41. The Morgan fingerprint density at radius 1 is 1.47 bits per heavy atom. The Morgan fingerprint density at radius 2 is 2.29 bits per heavy atom. The van der Waals surface area contributed by atoms with Crippen molar-refractivity contribution in [3.8, 4) is 0 Å². The second kappa shape index (κ2) is 5.47. The van der Waals surface area contributed by atoms with E-state index in [2.05, 4.69) is 9.88 Å². The van der Waals surface area contributed by atoms with Crippen LogP contribution >= 0.6 is 0 Å². The molecule has 2 rings (SSSR count). The van der Waals surface area contributed by atoms with E-state index in [0.717, 1.165) is 25.1 Å². The Balaban J connectivity index is 2.15. The van der Waals surface area contributed by atoms with Gasteiger partial charge in [-0.2, -0.15) is 0 Å². The van der Waals surface area contributed by atoms with Crippen molar-refractivity contribution in [3.05, 3.63) is 24.0 Å². The molecule has 0 amide bonds. The summed E-state index contributed by atoms with van der Waals surface area (Å²) in [6.45, 7) is 2.87. The fourth-order valence-corrected chi connectivity index (χ4v) is 2.34. The first-order valence-electron chi connectivity index (χ1n) is 6.24. The number of hydrogen-bond donors (Lipinski definition) is 2. The number of hydrogen-bond acceptors (Lipinski definition) is 4. The zero-order valence-corrected chi connectivity index (χ0v) is 10.2. The quantitative estimate of drug-likeness (QED) is 0.834. The summed E-state index contributed by atoms with van der Waals surface area (Å²) in [5.74, 6) is 0. The molecule has 2 atom stereocenters. The summed E-state index contributed by atoms with van der Waals surface area (Å²) < 4.78 is 0. The summed E-state index contributed by atoms with van der Waals surface area (Å²) in [5, 5.41) is 18.8. The van der Waals surface area contributed by atoms with Crippen molar-refractivity contribution >= 4 is 5.69 Å². The molecule has 1 unspecified atom stereocenters. The standard InChI is InChI=1S/C13H20N2O2/c1-10(17)13-6-5-11(8-14-13)15-7-3-2-4-12(15)9-16/h5-6,8,10,12,16-17H,2-4,7,9H2,1H3/t10-,12?/m0/s1. The Labute approximate surface area is 102 Å². The van der Waals surface area contributed by atoms with E-state index in [4.69, 9.17) is 0 Å². The highest BCUT2D eigenvalue weighted by atomic mass is 16.3. The average Bonchev–Trinajstić information content (AvgIpc) is 2.39. The summed E-state index contributed by atoms with van der Waals surface area (Å²) in [6.07, 6.45) is 4.64. The molecule has 2 N–H and O–H groups in total. The van der Waals surface area contributed by atoms with Crippen LogP contribution in [0.3, 0.4) is 0 Å².